The molecule has 0 atom stereocenters. The summed E-state index contributed by atoms with van der Waals surface area (Å²) >= 11 is 0. The maximum Gasteiger partial charge on any atom is 0.332 e. The van der Waals surface area contributed by atoms with Gasteiger partial charge in [-0.2, -0.15) is 0 Å². The van der Waals surface area contributed by atoms with E-state index in [1.54, 1.807) is 0 Å². The molecule has 6 heteroatoms. The van der Waals surface area contributed by atoms with Crippen molar-refractivity contribution >= 4 is 5.97 Å². The van der Waals surface area contributed by atoms with Crippen LogP contribution in [0, 0.1) is 0 Å². The van der Waals surface area contributed by atoms with Gasteiger partial charge in [-0.3, -0.25) is 0 Å². The van der Waals surface area contributed by atoms with Gasteiger partial charge in [-0.05, 0) is 0 Å². The van der Waals surface area contributed by atoms with Crippen LogP contribution >= 0.6 is 0 Å². The van der Waals surface area contributed by atoms with Gasteiger partial charge in [0.2, 0.25) is 5.76 Å². The summed E-state index contributed by atoms with van der Waals surface area (Å²) in [5, 5.41) is 0. The van der Waals surface area contributed by atoms with E-state index < -0.39 is 5.97 Å². The van der Waals surface area contributed by atoms with Crippen LogP contribution in [-0.4, -0.2) is 40.7 Å². The summed E-state index contributed by atoms with van der Waals surface area (Å²) in [6, 6.07) is 0. The quantitative estimate of drug-likeness (QED) is 0.203. The number of carbonyl (C=O) groups excluding carboxylic acids is 1. The fourth-order valence-electron chi connectivity index (χ4n) is 0.805. The second-order valence-corrected chi connectivity index (χ2v) is 2.46. The zero-order valence-electron chi connectivity index (χ0n) is 9.65. The molecule has 0 fully saturated rings. The molecule has 0 aliphatic carbocycles. The molecule has 92 valence electrons. The van der Waals surface area contributed by atoms with Gasteiger partial charge in [0.1, 0.15) is 6.61 Å². The minimum Gasteiger partial charge on any atom is -0.492 e. The zero-order chi connectivity index (χ0) is 12.4. The summed E-state index contributed by atoms with van der Waals surface area (Å²) in [5.41, 5.74) is 0. The Morgan fingerprint density at radius 1 is 1.19 bits per heavy atom. The van der Waals surface area contributed by atoms with Crippen molar-refractivity contribution in [3.8, 4) is 0 Å². The van der Waals surface area contributed by atoms with E-state index in [0.717, 1.165) is 6.08 Å². The van der Waals surface area contributed by atoms with Gasteiger partial charge in [0.05, 0.1) is 21.3 Å². The highest BCUT2D eigenvalue weighted by atomic mass is 16.7. The van der Waals surface area contributed by atoms with Crippen molar-refractivity contribution in [3.63, 3.8) is 0 Å². The average Bonchev–Trinajstić information content (AvgIpc) is 2.32. The molecule has 0 radical (unpaired) electrons. The monoisotopic (exact) mass is 232 g/mol. The maximum atomic E-state index is 10.7. The standard InChI is InChI=1S/C10H16O6/c1-5-9(11)16-7-15-6-8(12-2)10(13-3)14-4/h5H,1,6-7H2,2-4H3. The summed E-state index contributed by atoms with van der Waals surface area (Å²) < 4.78 is 24.3. The highest BCUT2D eigenvalue weighted by Gasteiger charge is 2.09. The van der Waals surface area contributed by atoms with Crippen molar-refractivity contribution in [1.82, 2.24) is 0 Å². The van der Waals surface area contributed by atoms with Crippen molar-refractivity contribution < 1.29 is 28.5 Å². The molecule has 0 aromatic heterocycles. The Morgan fingerprint density at radius 3 is 2.25 bits per heavy atom. The molecule has 0 aromatic carbocycles. The largest absolute Gasteiger partial charge is 0.492 e. The van der Waals surface area contributed by atoms with Gasteiger partial charge < -0.3 is 23.7 Å². The summed E-state index contributed by atoms with van der Waals surface area (Å²) in [5.74, 6) is 0.0128. The molecule has 0 saturated heterocycles. The summed E-state index contributed by atoms with van der Waals surface area (Å²) in [4.78, 5) is 10.7. The molecule has 0 heterocycles. The highest BCUT2D eigenvalue weighted by Crippen LogP contribution is 2.07. The van der Waals surface area contributed by atoms with Crippen molar-refractivity contribution in [2.45, 2.75) is 0 Å². The predicted octanol–water partition coefficient (Wildman–Crippen LogP) is 0.798. The van der Waals surface area contributed by atoms with Crippen molar-refractivity contribution in [3.05, 3.63) is 24.4 Å². The number of methoxy groups -OCH3 is 3. The van der Waals surface area contributed by atoms with E-state index in [2.05, 4.69) is 11.3 Å². The summed E-state index contributed by atoms with van der Waals surface area (Å²) in [6.07, 6.45) is 1.05. The number of rotatable bonds is 8. The summed E-state index contributed by atoms with van der Waals surface area (Å²) in [7, 11) is 4.33. The van der Waals surface area contributed by atoms with Gasteiger partial charge in [-0.25, -0.2) is 4.79 Å². The van der Waals surface area contributed by atoms with Crippen molar-refractivity contribution in [2.75, 3.05) is 34.7 Å². The Labute approximate surface area is 94.4 Å². The fourth-order valence-corrected chi connectivity index (χ4v) is 0.805. The third-order valence-corrected chi connectivity index (χ3v) is 1.53. The van der Waals surface area contributed by atoms with E-state index in [0.29, 0.717) is 5.76 Å². The second-order valence-electron chi connectivity index (χ2n) is 2.46. The molecule has 0 saturated carbocycles. The lowest BCUT2D eigenvalue weighted by molar-refractivity contribution is -0.150. The molecular weight excluding hydrogens is 216 g/mol. The van der Waals surface area contributed by atoms with Crippen LogP contribution in [0.3, 0.4) is 0 Å². The van der Waals surface area contributed by atoms with Crippen molar-refractivity contribution in [2.24, 2.45) is 0 Å². The molecule has 0 rings (SSSR count). The van der Waals surface area contributed by atoms with Crippen LogP contribution in [-0.2, 0) is 28.5 Å². The third kappa shape index (κ3) is 5.26. The maximum absolute atomic E-state index is 10.7. The van der Waals surface area contributed by atoms with Crippen molar-refractivity contribution in [1.29, 1.82) is 0 Å². The van der Waals surface area contributed by atoms with Crippen LogP contribution in [0.1, 0.15) is 0 Å². The van der Waals surface area contributed by atoms with Gasteiger partial charge in [0.25, 0.3) is 0 Å². The number of carbonyl (C=O) groups is 1. The second kappa shape index (κ2) is 8.60. The normalized spacial score (nSPS) is 8.94. The van der Waals surface area contributed by atoms with Crippen LogP contribution in [0.4, 0.5) is 0 Å². The summed E-state index contributed by atoms with van der Waals surface area (Å²) in [6.45, 7) is 3.11. The van der Waals surface area contributed by atoms with E-state index in [1.807, 2.05) is 0 Å². The average molecular weight is 232 g/mol. The zero-order valence-corrected chi connectivity index (χ0v) is 9.65. The Balaban J connectivity index is 4.01. The van der Waals surface area contributed by atoms with Crippen LogP contribution < -0.4 is 0 Å². The van der Waals surface area contributed by atoms with E-state index in [9.17, 15) is 4.79 Å². The van der Waals surface area contributed by atoms with Crippen LogP contribution in [0.5, 0.6) is 0 Å². The molecule has 16 heavy (non-hydrogen) atoms. The first-order valence-electron chi connectivity index (χ1n) is 4.41. The van der Waals surface area contributed by atoms with Gasteiger partial charge in [-0.1, -0.05) is 6.58 Å². The Kier molecular flexibility index (Phi) is 7.70. The number of hydrogen-bond donors (Lipinski definition) is 0. The molecular formula is C10H16O6. The van der Waals surface area contributed by atoms with Crippen LogP contribution in [0.15, 0.2) is 24.4 Å². The Hall–Kier alpha value is -1.69. The molecule has 0 aromatic rings. The topological polar surface area (TPSA) is 63.2 Å². The van der Waals surface area contributed by atoms with Gasteiger partial charge in [0, 0.05) is 6.08 Å². The van der Waals surface area contributed by atoms with Gasteiger partial charge in [-0.15, -0.1) is 0 Å². The van der Waals surface area contributed by atoms with Crippen LogP contribution in [0.2, 0.25) is 0 Å². The van der Waals surface area contributed by atoms with E-state index in [4.69, 9.17) is 18.9 Å². The number of ether oxygens (including phenoxy) is 5. The Bertz CT molecular complexity index is 252. The first-order chi connectivity index (χ1) is 7.69. The predicted molar refractivity (Wildman–Crippen MR) is 55.2 cm³/mol. The number of hydrogen-bond acceptors (Lipinski definition) is 6. The highest BCUT2D eigenvalue weighted by molar-refractivity contribution is 5.81. The van der Waals surface area contributed by atoms with Crippen LogP contribution in [0.25, 0.3) is 0 Å². The SMILES string of the molecule is C=CC(=O)OCOCC(OC)=C(OC)OC. The molecule has 0 N–H and O–H groups in total. The Morgan fingerprint density at radius 2 is 1.81 bits per heavy atom. The minimum absolute atomic E-state index is 0.0674. The smallest absolute Gasteiger partial charge is 0.332 e. The lowest BCUT2D eigenvalue weighted by atomic mass is 10.5. The third-order valence-electron chi connectivity index (χ3n) is 1.53. The molecule has 0 amide bonds. The van der Waals surface area contributed by atoms with Gasteiger partial charge in [0.15, 0.2) is 6.79 Å². The lowest BCUT2D eigenvalue weighted by Crippen LogP contribution is -2.10. The fraction of sp³-hybridized carbons (Fsp3) is 0.500. The van der Waals surface area contributed by atoms with E-state index in [-0.39, 0.29) is 19.3 Å². The minimum atomic E-state index is -0.554. The first kappa shape index (κ1) is 14.3. The van der Waals surface area contributed by atoms with E-state index >= 15 is 0 Å². The molecule has 0 unspecified atom stereocenters. The molecule has 0 spiro atoms. The van der Waals surface area contributed by atoms with E-state index in [1.165, 1.54) is 21.3 Å². The number of esters is 1. The lowest BCUT2D eigenvalue weighted by Gasteiger charge is -2.11. The molecule has 6 nitrogen and oxygen atoms in total. The van der Waals surface area contributed by atoms with Gasteiger partial charge >= 0.3 is 11.9 Å². The molecule has 0 aliphatic rings. The molecule has 0 aliphatic heterocycles. The molecule has 0 bridgehead atoms. The first-order valence-corrected chi connectivity index (χ1v) is 4.41.